The number of hydrogen-bond acceptors (Lipinski definition) is 4. The lowest BCUT2D eigenvalue weighted by atomic mass is 9.98. The summed E-state index contributed by atoms with van der Waals surface area (Å²) in [7, 11) is 0. The lowest BCUT2D eigenvalue weighted by Crippen LogP contribution is -2.37. The van der Waals surface area contributed by atoms with Crippen molar-refractivity contribution in [3.05, 3.63) is 11.9 Å². The van der Waals surface area contributed by atoms with E-state index >= 15 is 0 Å². The van der Waals surface area contributed by atoms with Crippen LogP contribution in [0, 0.1) is 5.92 Å². The first-order valence-corrected chi connectivity index (χ1v) is 8.54. The summed E-state index contributed by atoms with van der Waals surface area (Å²) < 4.78 is 1.99. The molecule has 1 atom stereocenters. The van der Waals surface area contributed by atoms with E-state index in [1.165, 1.54) is 51.7 Å². The van der Waals surface area contributed by atoms with Crippen molar-refractivity contribution in [2.24, 2.45) is 5.92 Å². The van der Waals surface area contributed by atoms with E-state index in [2.05, 4.69) is 22.1 Å². The van der Waals surface area contributed by atoms with Crippen molar-refractivity contribution in [2.75, 3.05) is 26.2 Å². The fourth-order valence-corrected chi connectivity index (χ4v) is 3.16. The second-order valence-electron chi connectivity index (χ2n) is 6.28. The number of aryl methyl sites for hydroxylation is 1. The third-order valence-corrected chi connectivity index (χ3v) is 4.30. The molecular weight excluding hydrogens is 264 g/mol. The van der Waals surface area contributed by atoms with E-state index in [1.807, 2.05) is 10.9 Å². The van der Waals surface area contributed by atoms with Crippen molar-refractivity contribution in [2.45, 2.75) is 58.4 Å². The summed E-state index contributed by atoms with van der Waals surface area (Å²) in [6.07, 6.45) is 10.2. The van der Waals surface area contributed by atoms with Gasteiger partial charge >= 0.3 is 0 Å². The third-order valence-electron chi connectivity index (χ3n) is 4.30. The van der Waals surface area contributed by atoms with Gasteiger partial charge in [-0.25, -0.2) is 0 Å². The van der Waals surface area contributed by atoms with E-state index in [1.54, 1.807) is 0 Å². The average molecular weight is 294 g/mol. The highest BCUT2D eigenvalue weighted by Gasteiger charge is 2.20. The minimum Gasteiger partial charge on any atom is -0.396 e. The van der Waals surface area contributed by atoms with E-state index in [9.17, 15) is 0 Å². The molecule has 2 rings (SSSR count). The van der Waals surface area contributed by atoms with Crippen molar-refractivity contribution in [1.82, 2.24) is 19.9 Å². The highest BCUT2D eigenvalue weighted by atomic mass is 16.2. The number of aliphatic hydroxyl groups is 1. The summed E-state index contributed by atoms with van der Waals surface area (Å²) in [6.45, 7) is 7.19. The van der Waals surface area contributed by atoms with Crippen LogP contribution >= 0.6 is 0 Å². The van der Waals surface area contributed by atoms with Gasteiger partial charge in [0.1, 0.15) is 0 Å². The van der Waals surface area contributed by atoms with Crippen LogP contribution in [0.5, 0.6) is 0 Å². The zero-order valence-corrected chi connectivity index (χ0v) is 13.4. The molecule has 0 radical (unpaired) electrons. The van der Waals surface area contributed by atoms with Crippen molar-refractivity contribution in [3.63, 3.8) is 0 Å². The van der Waals surface area contributed by atoms with Gasteiger partial charge in [-0.1, -0.05) is 25.0 Å². The molecule has 2 heterocycles. The van der Waals surface area contributed by atoms with Gasteiger partial charge in [-0.15, -0.1) is 5.10 Å². The number of nitrogens with zero attached hydrogens (tertiary/aromatic N) is 4. The quantitative estimate of drug-likeness (QED) is 0.709. The lowest BCUT2D eigenvalue weighted by Gasteiger charge is -2.32. The summed E-state index contributed by atoms with van der Waals surface area (Å²) >= 11 is 0. The van der Waals surface area contributed by atoms with Gasteiger partial charge < -0.3 is 10.0 Å². The highest BCUT2D eigenvalue weighted by molar-refractivity contribution is 4.92. The summed E-state index contributed by atoms with van der Waals surface area (Å²) in [5, 5.41) is 17.3. The van der Waals surface area contributed by atoms with Crippen LogP contribution in [0.3, 0.4) is 0 Å². The van der Waals surface area contributed by atoms with Crippen LogP contribution in [0.15, 0.2) is 6.20 Å². The van der Waals surface area contributed by atoms with E-state index in [4.69, 9.17) is 5.11 Å². The summed E-state index contributed by atoms with van der Waals surface area (Å²) in [4.78, 5) is 2.62. The van der Waals surface area contributed by atoms with E-state index in [-0.39, 0.29) is 6.61 Å². The molecule has 21 heavy (non-hydrogen) atoms. The molecule has 1 aromatic heterocycles. The second kappa shape index (κ2) is 9.15. The van der Waals surface area contributed by atoms with Gasteiger partial charge in [0.05, 0.1) is 5.69 Å². The van der Waals surface area contributed by atoms with Gasteiger partial charge in [0.25, 0.3) is 0 Å². The van der Waals surface area contributed by atoms with Gasteiger partial charge in [0.2, 0.25) is 0 Å². The Bertz CT molecular complexity index is 393. The van der Waals surface area contributed by atoms with E-state index in [0.717, 1.165) is 25.1 Å². The minimum atomic E-state index is 0.224. The molecule has 1 aromatic rings. The Morgan fingerprint density at radius 2 is 2.24 bits per heavy atom. The van der Waals surface area contributed by atoms with E-state index < -0.39 is 0 Å². The van der Waals surface area contributed by atoms with Crippen molar-refractivity contribution >= 4 is 0 Å². The zero-order valence-electron chi connectivity index (χ0n) is 13.4. The topological polar surface area (TPSA) is 54.2 Å². The van der Waals surface area contributed by atoms with Crippen LogP contribution in [0.1, 0.15) is 51.1 Å². The maximum absolute atomic E-state index is 8.85. The minimum absolute atomic E-state index is 0.224. The molecule has 1 aliphatic rings. The molecule has 5 heteroatoms. The molecule has 1 aliphatic heterocycles. The van der Waals surface area contributed by atoms with Gasteiger partial charge in [0, 0.05) is 25.9 Å². The Morgan fingerprint density at radius 1 is 1.33 bits per heavy atom. The third kappa shape index (κ3) is 5.75. The molecule has 5 nitrogen and oxygen atoms in total. The predicted molar refractivity (Wildman–Crippen MR) is 84.1 cm³/mol. The standard InChI is InChI=1S/C16H30N4O/c1-2-3-4-9-19-10-5-7-15(12-19)13-20-14-16(17-18-20)8-6-11-21/h14-15,21H,2-13H2,1H3/t15-/m0/s1. The Balaban J connectivity index is 1.75. The van der Waals surface area contributed by atoms with Gasteiger partial charge in [-0.2, -0.15) is 0 Å². The molecule has 0 saturated carbocycles. The number of unbranched alkanes of at least 4 members (excludes halogenated alkanes) is 2. The number of piperidine rings is 1. The SMILES string of the molecule is CCCCCN1CCC[C@H](Cn2cc(CCCO)nn2)C1. The fraction of sp³-hybridized carbons (Fsp3) is 0.875. The highest BCUT2D eigenvalue weighted by Crippen LogP contribution is 2.18. The first-order chi connectivity index (χ1) is 10.3. The number of aromatic nitrogens is 3. The summed E-state index contributed by atoms with van der Waals surface area (Å²) in [5.41, 5.74) is 1.000. The molecule has 1 fully saturated rings. The van der Waals surface area contributed by atoms with Crippen LogP contribution in [-0.4, -0.2) is 51.2 Å². The number of likely N-dealkylation sites (tertiary alicyclic amines) is 1. The van der Waals surface area contributed by atoms with Gasteiger partial charge in [-0.3, -0.25) is 4.68 Å². The monoisotopic (exact) mass is 294 g/mol. The Morgan fingerprint density at radius 3 is 3.05 bits per heavy atom. The first kappa shape index (κ1) is 16.4. The number of rotatable bonds is 9. The molecule has 0 bridgehead atoms. The first-order valence-electron chi connectivity index (χ1n) is 8.54. The van der Waals surface area contributed by atoms with Gasteiger partial charge in [-0.05, 0) is 51.1 Å². The smallest absolute Gasteiger partial charge is 0.0828 e. The van der Waals surface area contributed by atoms with Gasteiger partial charge in [0.15, 0.2) is 0 Å². The normalized spacial score (nSPS) is 20.0. The molecule has 0 aliphatic carbocycles. The zero-order chi connectivity index (χ0) is 14.9. The van der Waals surface area contributed by atoms with Crippen LogP contribution in [-0.2, 0) is 13.0 Å². The lowest BCUT2D eigenvalue weighted by molar-refractivity contribution is 0.157. The van der Waals surface area contributed by atoms with Crippen LogP contribution in [0.2, 0.25) is 0 Å². The molecule has 1 N–H and O–H groups in total. The molecule has 120 valence electrons. The van der Waals surface area contributed by atoms with Crippen LogP contribution in [0.4, 0.5) is 0 Å². The Hall–Kier alpha value is -0.940. The Labute approximate surface area is 128 Å². The maximum Gasteiger partial charge on any atom is 0.0828 e. The molecule has 0 spiro atoms. The second-order valence-corrected chi connectivity index (χ2v) is 6.28. The molecule has 0 amide bonds. The average Bonchev–Trinajstić information content (AvgIpc) is 2.93. The Kier molecular flexibility index (Phi) is 7.16. The maximum atomic E-state index is 8.85. The predicted octanol–water partition coefficient (Wildman–Crippen LogP) is 2.11. The van der Waals surface area contributed by atoms with E-state index in [0.29, 0.717) is 5.92 Å². The van der Waals surface area contributed by atoms with Crippen LogP contribution in [0.25, 0.3) is 0 Å². The van der Waals surface area contributed by atoms with Crippen molar-refractivity contribution < 1.29 is 5.11 Å². The van der Waals surface area contributed by atoms with Crippen molar-refractivity contribution in [1.29, 1.82) is 0 Å². The number of aliphatic hydroxyl groups excluding tert-OH is 1. The number of hydrogen-bond donors (Lipinski definition) is 1. The van der Waals surface area contributed by atoms with Crippen LogP contribution < -0.4 is 0 Å². The molecular formula is C16H30N4O. The fourth-order valence-electron chi connectivity index (χ4n) is 3.16. The summed E-state index contributed by atoms with van der Waals surface area (Å²) in [6, 6.07) is 0. The molecule has 0 aromatic carbocycles. The summed E-state index contributed by atoms with van der Waals surface area (Å²) in [5.74, 6) is 0.702. The molecule has 0 unspecified atom stereocenters. The largest absolute Gasteiger partial charge is 0.396 e. The van der Waals surface area contributed by atoms with Crippen molar-refractivity contribution in [3.8, 4) is 0 Å². The molecule has 1 saturated heterocycles.